The van der Waals surface area contributed by atoms with Crippen LogP contribution in [0.4, 0.5) is 0 Å². The summed E-state index contributed by atoms with van der Waals surface area (Å²) in [4.78, 5) is 0. The smallest absolute Gasteiger partial charge is 0.0575 e. The Bertz CT molecular complexity index is 93.0. The Morgan fingerprint density at radius 3 is 2.18 bits per heavy atom. The number of ether oxygens (including phenoxy) is 1. The van der Waals surface area contributed by atoms with E-state index in [1.54, 1.807) is 0 Å². The van der Waals surface area contributed by atoms with Crippen molar-refractivity contribution in [2.45, 2.75) is 52.1 Å². The predicted octanol–water partition coefficient (Wildman–Crippen LogP) is 2.99. The fourth-order valence-corrected chi connectivity index (χ4v) is 1.94. The lowest BCUT2D eigenvalue weighted by Gasteiger charge is -2.27. The zero-order valence-corrected chi connectivity index (χ0v) is 7.81. The minimum Gasteiger partial charge on any atom is -0.379 e. The van der Waals surface area contributed by atoms with Gasteiger partial charge in [0, 0.05) is 6.61 Å². The van der Waals surface area contributed by atoms with E-state index in [9.17, 15) is 0 Å². The summed E-state index contributed by atoms with van der Waals surface area (Å²) < 4.78 is 5.58. The second kappa shape index (κ2) is 4.76. The van der Waals surface area contributed by atoms with Crippen LogP contribution in [0.1, 0.15) is 46.0 Å². The van der Waals surface area contributed by atoms with Gasteiger partial charge in [0.25, 0.3) is 0 Å². The molecule has 1 nitrogen and oxygen atoms in total. The van der Waals surface area contributed by atoms with Crippen molar-refractivity contribution in [3.8, 4) is 0 Å². The molecule has 1 rings (SSSR count). The van der Waals surface area contributed by atoms with Crippen molar-refractivity contribution in [2.24, 2.45) is 5.92 Å². The molecule has 1 saturated carbocycles. The lowest BCUT2D eigenvalue weighted by molar-refractivity contribution is 0.0253. The van der Waals surface area contributed by atoms with Crippen LogP contribution in [-0.2, 0) is 4.74 Å². The highest BCUT2D eigenvalue weighted by Gasteiger charge is 2.19. The second-order valence-electron chi connectivity index (χ2n) is 3.51. The summed E-state index contributed by atoms with van der Waals surface area (Å²) >= 11 is 0. The summed E-state index contributed by atoms with van der Waals surface area (Å²) in [5.41, 5.74) is 0. The van der Waals surface area contributed by atoms with E-state index in [-0.39, 0.29) is 0 Å². The van der Waals surface area contributed by atoms with Gasteiger partial charge in [-0.2, -0.15) is 0 Å². The zero-order valence-electron chi connectivity index (χ0n) is 7.81. The van der Waals surface area contributed by atoms with Gasteiger partial charge in [-0.25, -0.2) is 0 Å². The molecule has 0 aromatic rings. The molecule has 0 unspecified atom stereocenters. The van der Waals surface area contributed by atoms with Gasteiger partial charge in [-0.3, -0.25) is 0 Å². The average Bonchev–Trinajstić information content (AvgIpc) is 2.07. The van der Waals surface area contributed by atoms with Crippen molar-refractivity contribution in [3.63, 3.8) is 0 Å². The Labute approximate surface area is 70.1 Å². The van der Waals surface area contributed by atoms with Crippen molar-refractivity contribution in [2.75, 3.05) is 6.61 Å². The Morgan fingerprint density at radius 2 is 1.73 bits per heavy atom. The fraction of sp³-hybridized carbons (Fsp3) is 1.00. The SMILES string of the molecule is CCO[C@H]1CC[C@H](CC)CC1. The highest BCUT2D eigenvalue weighted by atomic mass is 16.5. The molecule has 0 aromatic carbocycles. The molecule has 1 aliphatic rings. The third-order valence-electron chi connectivity index (χ3n) is 2.77. The number of hydrogen-bond acceptors (Lipinski definition) is 1. The Kier molecular flexibility index (Phi) is 3.92. The van der Waals surface area contributed by atoms with Gasteiger partial charge in [-0.1, -0.05) is 13.3 Å². The highest BCUT2D eigenvalue weighted by Crippen LogP contribution is 2.27. The van der Waals surface area contributed by atoms with Gasteiger partial charge in [0.1, 0.15) is 0 Å². The van der Waals surface area contributed by atoms with Crippen molar-refractivity contribution in [1.29, 1.82) is 0 Å². The van der Waals surface area contributed by atoms with Gasteiger partial charge >= 0.3 is 0 Å². The van der Waals surface area contributed by atoms with Gasteiger partial charge < -0.3 is 4.74 Å². The van der Waals surface area contributed by atoms with E-state index in [2.05, 4.69) is 13.8 Å². The van der Waals surface area contributed by atoms with E-state index in [1.165, 1.54) is 32.1 Å². The summed E-state index contributed by atoms with van der Waals surface area (Å²) in [6, 6.07) is 0. The van der Waals surface area contributed by atoms with E-state index in [4.69, 9.17) is 4.74 Å². The quantitative estimate of drug-likeness (QED) is 0.610. The lowest BCUT2D eigenvalue weighted by Crippen LogP contribution is -2.21. The first-order valence-electron chi connectivity index (χ1n) is 4.98. The van der Waals surface area contributed by atoms with Crippen molar-refractivity contribution in [3.05, 3.63) is 0 Å². The molecular formula is C10H20O. The molecule has 0 saturated heterocycles. The van der Waals surface area contributed by atoms with Crippen LogP contribution >= 0.6 is 0 Å². The summed E-state index contributed by atoms with van der Waals surface area (Å²) in [7, 11) is 0. The van der Waals surface area contributed by atoms with Crippen LogP contribution in [0.25, 0.3) is 0 Å². The molecule has 1 fully saturated rings. The van der Waals surface area contributed by atoms with Crippen molar-refractivity contribution >= 4 is 0 Å². The molecule has 66 valence electrons. The topological polar surface area (TPSA) is 9.23 Å². The minimum atomic E-state index is 0.586. The standard InChI is InChI=1S/C10H20O/c1-3-9-5-7-10(8-6-9)11-4-2/h9-10H,3-8H2,1-2H3/t9-,10-. The molecular weight excluding hydrogens is 136 g/mol. The normalized spacial score (nSPS) is 32.2. The van der Waals surface area contributed by atoms with E-state index in [1.807, 2.05) is 0 Å². The van der Waals surface area contributed by atoms with Gasteiger partial charge in [0.15, 0.2) is 0 Å². The maximum Gasteiger partial charge on any atom is 0.0575 e. The molecule has 0 bridgehead atoms. The zero-order chi connectivity index (χ0) is 8.10. The van der Waals surface area contributed by atoms with E-state index in [0.717, 1.165) is 12.5 Å². The molecule has 0 atom stereocenters. The summed E-state index contributed by atoms with van der Waals surface area (Å²) in [6.45, 7) is 5.28. The molecule has 11 heavy (non-hydrogen) atoms. The largest absolute Gasteiger partial charge is 0.379 e. The van der Waals surface area contributed by atoms with Crippen LogP contribution in [0, 0.1) is 5.92 Å². The summed E-state index contributed by atoms with van der Waals surface area (Å²) in [5, 5.41) is 0. The van der Waals surface area contributed by atoms with Crippen LogP contribution in [0.2, 0.25) is 0 Å². The molecule has 0 amide bonds. The van der Waals surface area contributed by atoms with Crippen molar-refractivity contribution in [1.82, 2.24) is 0 Å². The van der Waals surface area contributed by atoms with Gasteiger partial charge in [-0.05, 0) is 38.5 Å². The lowest BCUT2D eigenvalue weighted by atomic mass is 9.86. The molecule has 0 heterocycles. The van der Waals surface area contributed by atoms with Gasteiger partial charge in [0.05, 0.1) is 6.10 Å². The monoisotopic (exact) mass is 156 g/mol. The first kappa shape index (κ1) is 9.05. The minimum absolute atomic E-state index is 0.586. The second-order valence-corrected chi connectivity index (χ2v) is 3.51. The van der Waals surface area contributed by atoms with E-state index >= 15 is 0 Å². The molecule has 0 spiro atoms. The van der Waals surface area contributed by atoms with Crippen LogP contribution in [0.15, 0.2) is 0 Å². The Hall–Kier alpha value is -0.0400. The van der Waals surface area contributed by atoms with Crippen LogP contribution in [0.5, 0.6) is 0 Å². The van der Waals surface area contributed by atoms with Gasteiger partial charge in [0.2, 0.25) is 0 Å². The molecule has 0 aromatic heterocycles. The van der Waals surface area contributed by atoms with Crippen LogP contribution in [0.3, 0.4) is 0 Å². The fourth-order valence-electron chi connectivity index (χ4n) is 1.94. The average molecular weight is 156 g/mol. The molecule has 1 heteroatoms. The first-order valence-corrected chi connectivity index (χ1v) is 4.98. The third-order valence-corrected chi connectivity index (χ3v) is 2.77. The molecule has 0 N–H and O–H groups in total. The maximum absolute atomic E-state index is 5.58. The number of rotatable bonds is 3. The Balaban J connectivity index is 2.14. The molecule has 0 radical (unpaired) electrons. The van der Waals surface area contributed by atoms with E-state index < -0.39 is 0 Å². The summed E-state index contributed by atoms with van der Waals surface area (Å²) in [6.07, 6.45) is 7.32. The van der Waals surface area contributed by atoms with Crippen molar-refractivity contribution < 1.29 is 4.74 Å². The number of hydrogen-bond donors (Lipinski definition) is 0. The Morgan fingerprint density at radius 1 is 1.09 bits per heavy atom. The van der Waals surface area contributed by atoms with Crippen LogP contribution < -0.4 is 0 Å². The molecule has 0 aliphatic heterocycles. The van der Waals surface area contributed by atoms with E-state index in [0.29, 0.717) is 6.10 Å². The highest BCUT2D eigenvalue weighted by molar-refractivity contribution is 4.71. The van der Waals surface area contributed by atoms with Crippen LogP contribution in [-0.4, -0.2) is 12.7 Å². The van der Waals surface area contributed by atoms with Gasteiger partial charge in [-0.15, -0.1) is 0 Å². The third kappa shape index (κ3) is 2.82. The predicted molar refractivity (Wildman–Crippen MR) is 47.7 cm³/mol. The summed E-state index contributed by atoms with van der Waals surface area (Å²) in [5.74, 6) is 0.992. The first-order chi connectivity index (χ1) is 5.36. The molecule has 1 aliphatic carbocycles. The maximum atomic E-state index is 5.58.